The third-order valence-electron chi connectivity index (χ3n) is 4.17. The van der Waals surface area contributed by atoms with Crippen molar-refractivity contribution in [1.29, 1.82) is 0 Å². The third kappa shape index (κ3) is 4.95. The summed E-state index contributed by atoms with van der Waals surface area (Å²) in [4.78, 5) is 16.5. The largest absolute Gasteiger partial charge is 0.335 e. The lowest BCUT2D eigenvalue weighted by Gasteiger charge is -2.08. The van der Waals surface area contributed by atoms with E-state index >= 15 is 0 Å². The summed E-state index contributed by atoms with van der Waals surface area (Å²) in [7, 11) is 0. The van der Waals surface area contributed by atoms with Crippen LogP contribution in [0.3, 0.4) is 0 Å². The van der Waals surface area contributed by atoms with Gasteiger partial charge in [-0.2, -0.15) is 5.10 Å². The van der Waals surface area contributed by atoms with Crippen molar-refractivity contribution in [2.24, 2.45) is 10.1 Å². The number of nitrogens with zero attached hydrogens (tertiary/aromatic N) is 2. The topological polar surface area (TPSA) is 65.8 Å². The molecule has 27 heavy (non-hydrogen) atoms. The number of anilines is 1. The smallest absolute Gasteiger partial charge is 0.274 e. The number of aliphatic imine (C=N–C) groups is 1. The van der Waals surface area contributed by atoms with Gasteiger partial charge < -0.3 is 5.32 Å². The predicted molar refractivity (Wildman–Crippen MR) is 110 cm³/mol. The fraction of sp³-hybridized carbons (Fsp3) is 0.250. The van der Waals surface area contributed by atoms with Crippen LogP contribution in [0.15, 0.2) is 58.6 Å². The number of hydrazone groups is 1. The number of hydrogen-bond acceptors (Lipinski definition) is 5. The molecule has 140 valence electrons. The van der Waals surface area contributed by atoms with Crippen molar-refractivity contribution in [3.05, 3.63) is 65.5 Å². The quantitative estimate of drug-likeness (QED) is 0.598. The van der Waals surface area contributed by atoms with E-state index in [1.807, 2.05) is 24.3 Å². The highest BCUT2D eigenvalue weighted by Gasteiger charge is 2.17. The molecule has 3 rings (SSSR count). The molecule has 0 aliphatic carbocycles. The highest BCUT2D eigenvalue weighted by molar-refractivity contribution is 8.15. The summed E-state index contributed by atoms with van der Waals surface area (Å²) in [6.07, 6.45) is 1.10. The molecule has 1 aliphatic rings. The lowest BCUT2D eigenvalue weighted by atomic mass is 10.1. The molecule has 0 saturated carbocycles. The molecule has 2 aromatic rings. The number of thioether (sulfide) groups is 1. The van der Waals surface area contributed by atoms with Gasteiger partial charge in [0, 0.05) is 10.9 Å². The van der Waals surface area contributed by atoms with Crippen LogP contribution in [0.1, 0.15) is 36.2 Å². The van der Waals surface area contributed by atoms with Crippen molar-refractivity contribution in [3.63, 3.8) is 0 Å². The van der Waals surface area contributed by atoms with Crippen molar-refractivity contribution < 1.29 is 9.18 Å². The first kappa shape index (κ1) is 19.1. The number of halogens is 1. The number of nitrogens with one attached hydrogen (secondary N) is 2. The second kappa shape index (κ2) is 8.81. The summed E-state index contributed by atoms with van der Waals surface area (Å²) in [5.74, 6) is -1.15. The van der Waals surface area contributed by atoms with E-state index in [0.29, 0.717) is 11.0 Å². The highest BCUT2D eigenvalue weighted by Crippen LogP contribution is 2.24. The molecule has 1 aliphatic heterocycles. The Kier molecular flexibility index (Phi) is 6.24. The van der Waals surface area contributed by atoms with Gasteiger partial charge in [-0.1, -0.05) is 43.0 Å². The Hall–Kier alpha value is -2.67. The molecule has 5 nitrogen and oxygen atoms in total. The second-order valence-electron chi connectivity index (χ2n) is 6.11. The van der Waals surface area contributed by atoms with Gasteiger partial charge in [0.2, 0.25) is 0 Å². The minimum absolute atomic E-state index is 0.0335. The van der Waals surface area contributed by atoms with Crippen LogP contribution in [0, 0.1) is 5.82 Å². The zero-order valence-electron chi connectivity index (χ0n) is 15.2. The monoisotopic (exact) mass is 384 g/mol. The first-order valence-corrected chi connectivity index (χ1v) is 9.62. The number of amidine groups is 1. The van der Waals surface area contributed by atoms with E-state index in [1.54, 1.807) is 24.8 Å². The number of benzene rings is 2. The second-order valence-corrected chi connectivity index (χ2v) is 7.40. The van der Waals surface area contributed by atoms with Crippen LogP contribution in [-0.2, 0) is 0 Å². The van der Waals surface area contributed by atoms with Crippen LogP contribution in [0.2, 0.25) is 0 Å². The Balaban J connectivity index is 1.60. The number of carbonyl (C=O) groups is 1. The van der Waals surface area contributed by atoms with Crippen molar-refractivity contribution in [1.82, 2.24) is 5.43 Å². The van der Waals surface area contributed by atoms with Gasteiger partial charge in [-0.05, 0) is 43.2 Å². The average molecular weight is 384 g/mol. The molecule has 2 N–H and O–H groups in total. The zero-order valence-corrected chi connectivity index (χ0v) is 16.0. The fourth-order valence-electron chi connectivity index (χ4n) is 2.52. The summed E-state index contributed by atoms with van der Waals surface area (Å²) in [6.45, 7) is 4.81. The normalized spacial score (nSPS) is 16.8. The first-order chi connectivity index (χ1) is 13.1. The molecule has 0 fully saturated rings. The van der Waals surface area contributed by atoms with E-state index in [1.165, 1.54) is 18.2 Å². The predicted octanol–water partition coefficient (Wildman–Crippen LogP) is 4.27. The van der Waals surface area contributed by atoms with Crippen LogP contribution >= 0.6 is 11.8 Å². The standard InChI is InChI=1S/C20H21FN4OS/c1-3-16-12-22-20(27-16)23-15-10-8-14(9-11-15)13(2)24-25-19(26)17-6-4-5-7-18(17)21/h4-11,16H,3,12H2,1-2H3,(H,22,23)(H,25,26)/b24-13-/t16-/m1/s1. The van der Waals surface area contributed by atoms with E-state index in [9.17, 15) is 9.18 Å². The summed E-state index contributed by atoms with van der Waals surface area (Å²) in [5, 5.41) is 8.88. The molecule has 0 spiro atoms. The maximum Gasteiger partial charge on any atom is 0.274 e. The minimum atomic E-state index is -0.576. The van der Waals surface area contributed by atoms with Crippen LogP contribution in [0.5, 0.6) is 0 Å². The van der Waals surface area contributed by atoms with Crippen molar-refractivity contribution >= 4 is 34.2 Å². The van der Waals surface area contributed by atoms with E-state index in [2.05, 4.69) is 27.8 Å². The van der Waals surface area contributed by atoms with E-state index in [0.717, 1.165) is 29.4 Å². The fourth-order valence-corrected chi connectivity index (χ4v) is 3.48. The Morgan fingerprint density at radius 3 is 2.67 bits per heavy atom. The van der Waals surface area contributed by atoms with E-state index in [4.69, 9.17) is 0 Å². The molecule has 0 saturated heterocycles. The summed E-state index contributed by atoms with van der Waals surface area (Å²) in [6, 6.07) is 13.5. The maximum atomic E-state index is 13.6. The Bertz CT molecular complexity index is 880. The van der Waals surface area contributed by atoms with Crippen molar-refractivity contribution in [2.45, 2.75) is 25.5 Å². The molecular weight excluding hydrogens is 363 g/mol. The summed E-state index contributed by atoms with van der Waals surface area (Å²) in [5.41, 5.74) is 4.80. The van der Waals surface area contributed by atoms with Crippen molar-refractivity contribution in [2.75, 3.05) is 11.9 Å². The number of amides is 1. The first-order valence-electron chi connectivity index (χ1n) is 8.74. The molecule has 7 heteroatoms. The lowest BCUT2D eigenvalue weighted by molar-refractivity contribution is 0.0951. The Labute approximate surface area is 162 Å². The molecule has 1 amide bonds. The third-order valence-corrected chi connectivity index (χ3v) is 5.44. The molecular formula is C20H21FN4OS. The van der Waals surface area contributed by atoms with E-state index in [-0.39, 0.29) is 5.56 Å². The molecule has 0 radical (unpaired) electrons. The van der Waals surface area contributed by atoms with Gasteiger partial charge in [0.05, 0.1) is 17.8 Å². The molecule has 1 heterocycles. The zero-order chi connectivity index (χ0) is 19.2. The van der Waals surface area contributed by atoms with Gasteiger partial charge >= 0.3 is 0 Å². The Morgan fingerprint density at radius 1 is 1.26 bits per heavy atom. The lowest BCUT2D eigenvalue weighted by Crippen LogP contribution is -2.20. The Morgan fingerprint density at radius 2 is 2.00 bits per heavy atom. The number of hydrogen-bond donors (Lipinski definition) is 2. The highest BCUT2D eigenvalue weighted by atomic mass is 32.2. The van der Waals surface area contributed by atoms with E-state index < -0.39 is 11.7 Å². The van der Waals surface area contributed by atoms with Crippen LogP contribution < -0.4 is 10.7 Å². The van der Waals surface area contributed by atoms with Crippen LogP contribution in [0.4, 0.5) is 10.1 Å². The van der Waals surface area contributed by atoms with Gasteiger partial charge in [-0.25, -0.2) is 9.82 Å². The average Bonchev–Trinajstić information content (AvgIpc) is 3.14. The summed E-state index contributed by atoms with van der Waals surface area (Å²) < 4.78 is 13.6. The van der Waals surface area contributed by atoms with Gasteiger partial charge in [0.25, 0.3) is 5.91 Å². The minimum Gasteiger partial charge on any atom is -0.335 e. The van der Waals surface area contributed by atoms with Gasteiger partial charge in [0.1, 0.15) is 5.82 Å². The molecule has 0 bridgehead atoms. The SMILES string of the molecule is CC[C@@H]1CN=C(Nc2ccc(/C(C)=N\NC(=O)c3ccccc3F)cc2)S1. The van der Waals surface area contributed by atoms with Gasteiger partial charge in [0.15, 0.2) is 5.17 Å². The van der Waals surface area contributed by atoms with Crippen molar-refractivity contribution in [3.8, 4) is 0 Å². The van der Waals surface area contributed by atoms with Crippen LogP contribution in [0.25, 0.3) is 0 Å². The number of rotatable bonds is 5. The number of carbonyl (C=O) groups excluding carboxylic acids is 1. The van der Waals surface area contributed by atoms with Gasteiger partial charge in [-0.3, -0.25) is 9.79 Å². The molecule has 2 aromatic carbocycles. The molecule has 0 aromatic heterocycles. The summed E-state index contributed by atoms with van der Waals surface area (Å²) >= 11 is 1.76. The maximum absolute atomic E-state index is 13.6. The molecule has 1 atom stereocenters. The van der Waals surface area contributed by atoms with Crippen LogP contribution in [-0.4, -0.2) is 28.6 Å². The molecule has 0 unspecified atom stereocenters. The van der Waals surface area contributed by atoms with Gasteiger partial charge in [-0.15, -0.1) is 0 Å².